The van der Waals surface area contributed by atoms with Gasteiger partial charge in [0.1, 0.15) is 17.1 Å². The number of hydrogen-bond acceptors (Lipinski definition) is 3. The second-order valence-electron chi connectivity index (χ2n) is 4.14. The number of nitrogens with zero attached hydrogens (tertiary/aromatic N) is 2. The summed E-state index contributed by atoms with van der Waals surface area (Å²) in [6.45, 7) is 8.10. The van der Waals surface area contributed by atoms with Gasteiger partial charge in [0, 0.05) is 18.5 Å². The molecular weight excluding hydrogens is 212 g/mol. The fourth-order valence-corrected chi connectivity index (χ4v) is 2.09. The van der Waals surface area contributed by atoms with Crippen LogP contribution in [0.1, 0.15) is 19.4 Å². The summed E-state index contributed by atoms with van der Waals surface area (Å²) in [6, 6.07) is 7.60. The molecule has 1 aromatic carbocycles. The number of phenols is 1. The van der Waals surface area contributed by atoms with Gasteiger partial charge in [0.25, 0.3) is 0 Å². The van der Waals surface area contributed by atoms with Crippen molar-refractivity contribution in [1.82, 2.24) is 4.98 Å². The van der Waals surface area contributed by atoms with Crippen molar-refractivity contribution in [1.29, 1.82) is 0 Å². The smallest absolute Gasteiger partial charge is 0.141 e. The van der Waals surface area contributed by atoms with Gasteiger partial charge in [-0.25, -0.2) is 4.98 Å². The van der Waals surface area contributed by atoms with Crippen molar-refractivity contribution in [2.45, 2.75) is 20.8 Å². The molecule has 1 heterocycles. The topological polar surface area (TPSA) is 36.4 Å². The lowest BCUT2D eigenvalue weighted by atomic mass is 10.1. The summed E-state index contributed by atoms with van der Waals surface area (Å²) in [5.74, 6) is 1.18. The minimum atomic E-state index is 0.250. The van der Waals surface area contributed by atoms with Gasteiger partial charge in [-0.05, 0) is 38.5 Å². The minimum absolute atomic E-state index is 0.250. The monoisotopic (exact) mass is 230 g/mol. The Morgan fingerprint density at radius 2 is 1.94 bits per heavy atom. The normalized spacial score (nSPS) is 10.8. The Hall–Kier alpha value is -1.77. The van der Waals surface area contributed by atoms with Gasteiger partial charge >= 0.3 is 0 Å². The lowest BCUT2D eigenvalue weighted by molar-refractivity contribution is 0.480. The first-order valence-corrected chi connectivity index (χ1v) is 6.01. The second-order valence-corrected chi connectivity index (χ2v) is 4.14. The van der Waals surface area contributed by atoms with Crippen LogP contribution in [0.2, 0.25) is 0 Å². The molecule has 17 heavy (non-hydrogen) atoms. The Labute approximate surface area is 102 Å². The molecule has 0 bridgehead atoms. The minimum Gasteiger partial charge on any atom is -0.506 e. The Balaban J connectivity index is 2.65. The van der Waals surface area contributed by atoms with Gasteiger partial charge in [-0.3, -0.25) is 0 Å². The van der Waals surface area contributed by atoms with Gasteiger partial charge < -0.3 is 10.0 Å². The molecule has 0 spiro atoms. The zero-order valence-electron chi connectivity index (χ0n) is 10.6. The van der Waals surface area contributed by atoms with Crippen molar-refractivity contribution in [3.8, 4) is 5.75 Å². The quantitative estimate of drug-likeness (QED) is 0.880. The van der Waals surface area contributed by atoms with Crippen molar-refractivity contribution >= 4 is 16.7 Å². The van der Waals surface area contributed by atoms with Crippen molar-refractivity contribution in [2.75, 3.05) is 18.0 Å². The van der Waals surface area contributed by atoms with Crippen LogP contribution in [0.25, 0.3) is 10.9 Å². The van der Waals surface area contributed by atoms with E-state index in [-0.39, 0.29) is 5.75 Å². The van der Waals surface area contributed by atoms with Gasteiger partial charge in [-0.15, -0.1) is 0 Å². The molecule has 0 radical (unpaired) electrons. The van der Waals surface area contributed by atoms with Crippen molar-refractivity contribution in [3.05, 3.63) is 29.8 Å². The molecule has 0 aliphatic rings. The molecule has 1 aromatic heterocycles. The van der Waals surface area contributed by atoms with Crippen molar-refractivity contribution in [2.24, 2.45) is 0 Å². The highest BCUT2D eigenvalue weighted by molar-refractivity contribution is 5.88. The first-order valence-electron chi connectivity index (χ1n) is 6.01. The van der Waals surface area contributed by atoms with E-state index in [1.165, 1.54) is 0 Å². The number of hydrogen-bond donors (Lipinski definition) is 1. The molecule has 0 unspecified atom stereocenters. The summed E-state index contributed by atoms with van der Waals surface area (Å²) in [5, 5.41) is 10.9. The molecule has 1 N–H and O–H groups in total. The fraction of sp³-hybridized carbons (Fsp3) is 0.357. The van der Waals surface area contributed by atoms with E-state index in [0.29, 0.717) is 5.52 Å². The Bertz CT molecular complexity index is 533. The lowest BCUT2D eigenvalue weighted by Crippen LogP contribution is -2.23. The van der Waals surface area contributed by atoms with Gasteiger partial charge in [-0.2, -0.15) is 0 Å². The maximum Gasteiger partial charge on any atom is 0.141 e. The molecular formula is C14H18N2O. The van der Waals surface area contributed by atoms with E-state index in [1.54, 1.807) is 6.07 Å². The number of aryl methyl sites for hydroxylation is 1. The van der Waals surface area contributed by atoms with Crippen LogP contribution in [-0.4, -0.2) is 23.2 Å². The standard InChI is InChI=1S/C14H18N2O/c1-4-16(5-2)13-9-10(3)11-7-6-8-12(17)14(11)15-13/h6-9,17H,4-5H2,1-3H3. The Morgan fingerprint density at radius 3 is 2.59 bits per heavy atom. The third-order valence-corrected chi connectivity index (χ3v) is 3.10. The van der Waals surface area contributed by atoms with Gasteiger partial charge in [0.2, 0.25) is 0 Å². The predicted octanol–water partition coefficient (Wildman–Crippen LogP) is 3.10. The van der Waals surface area contributed by atoms with Crippen LogP contribution in [0, 0.1) is 6.92 Å². The number of para-hydroxylation sites is 1. The second kappa shape index (κ2) is 4.62. The first-order chi connectivity index (χ1) is 8.17. The molecule has 0 fully saturated rings. The number of fused-ring (bicyclic) bond motifs is 1. The zero-order chi connectivity index (χ0) is 12.4. The number of anilines is 1. The summed E-state index contributed by atoms with van der Waals surface area (Å²) < 4.78 is 0. The molecule has 90 valence electrons. The summed E-state index contributed by atoms with van der Waals surface area (Å²) in [5.41, 5.74) is 1.84. The number of benzene rings is 1. The highest BCUT2D eigenvalue weighted by atomic mass is 16.3. The predicted molar refractivity (Wildman–Crippen MR) is 71.7 cm³/mol. The van der Waals surface area contributed by atoms with E-state index in [0.717, 1.165) is 29.9 Å². The average molecular weight is 230 g/mol. The van der Waals surface area contributed by atoms with Crippen LogP contribution < -0.4 is 4.90 Å². The van der Waals surface area contributed by atoms with Gasteiger partial charge in [0.05, 0.1) is 0 Å². The van der Waals surface area contributed by atoms with Crippen molar-refractivity contribution < 1.29 is 5.11 Å². The largest absolute Gasteiger partial charge is 0.506 e. The molecule has 2 rings (SSSR count). The van der Waals surface area contributed by atoms with Crippen molar-refractivity contribution in [3.63, 3.8) is 0 Å². The highest BCUT2D eigenvalue weighted by Gasteiger charge is 2.09. The third kappa shape index (κ3) is 2.05. The van der Waals surface area contributed by atoms with Crippen LogP contribution in [-0.2, 0) is 0 Å². The fourth-order valence-electron chi connectivity index (χ4n) is 2.09. The highest BCUT2D eigenvalue weighted by Crippen LogP contribution is 2.28. The maximum atomic E-state index is 9.87. The summed E-state index contributed by atoms with van der Waals surface area (Å²) in [4.78, 5) is 6.73. The Morgan fingerprint density at radius 1 is 1.24 bits per heavy atom. The average Bonchev–Trinajstić information content (AvgIpc) is 2.32. The molecule has 0 aliphatic carbocycles. The van der Waals surface area contributed by atoms with Crippen LogP contribution in [0.4, 0.5) is 5.82 Å². The maximum absolute atomic E-state index is 9.87. The van der Waals surface area contributed by atoms with E-state index in [9.17, 15) is 5.11 Å². The SMILES string of the molecule is CCN(CC)c1cc(C)c2cccc(O)c2n1. The van der Waals surface area contributed by atoms with Crippen LogP contribution in [0.15, 0.2) is 24.3 Å². The number of aromatic hydroxyl groups is 1. The summed E-state index contributed by atoms with van der Waals surface area (Å²) in [6.07, 6.45) is 0. The zero-order valence-corrected chi connectivity index (χ0v) is 10.6. The van der Waals surface area contributed by atoms with E-state index in [4.69, 9.17) is 0 Å². The Kier molecular flexibility index (Phi) is 3.18. The number of aromatic nitrogens is 1. The van der Waals surface area contributed by atoms with Crippen LogP contribution in [0.5, 0.6) is 5.75 Å². The van der Waals surface area contributed by atoms with Gasteiger partial charge in [-0.1, -0.05) is 12.1 Å². The summed E-state index contributed by atoms with van der Waals surface area (Å²) in [7, 11) is 0. The van der Waals surface area contributed by atoms with E-state index >= 15 is 0 Å². The molecule has 0 amide bonds. The molecule has 2 aromatic rings. The molecule has 3 nitrogen and oxygen atoms in total. The first kappa shape index (κ1) is 11.7. The third-order valence-electron chi connectivity index (χ3n) is 3.10. The lowest BCUT2D eigenvalue weighted by Gasteiger charge is -2.21. The van der Waals surface area contributed by atoms with E-state index in [1.807, 2.05) is 12.1 Å². The van der Waals surface area contributed by atoms with Gasteiger partial charge in [0.15, 0.2) is 0 Å². The van der Waals surface area contributed by atoms with Crippen LogP contribution in [0.3, 0.4) is 0 Å². The molecule has 0 atom stereocenters. The molecule has 0 saturated heterocycles. The summed E-state index contributed by atoms with van der Waals surface area (Å²) >= 11 is 0. The van der Waals surface area contributed by atoms with Crippen LogP contribution >= 0.6 is 0 Å². The number of rotatable bonds is 3. The molecule has 0 saturated carbocycles. The number of phenolic OH excluding ortho intramolecular Hbond substituents is 1. The van der Waals surface area contributed by atoms with E-state index in [2.05, 4.69) is 36.7 Å². The number of pyridine rings is 1. The molecule has 0 aliphatic heterocycles. The molecule has 3 heteroatoms. The van der Waals surface area contributed by atoms with E-state index < -0.39 is 0 Å².